The lowest BCUT2D eigenvalue weighted by atomic mass is 10.1. The van der Waals surface area contributed by atoms with Crippen LogP contribution in [0.3, 0.4) is 0 Å². The van der Waals surface area contributed by atoms with E-state index in [2.05, 4.69) is 20.8 Å². The molecule has 1 aliphatic rings. The molecule has 0 aromatic carbocycles. The Balaban J connectivity index is 2.96. The molecule has 0 bridgehead atoms. The third-order valence-corrected chi connectivity index (χ3v) is 9.18. The van der Waals surface area contributed by atoms with Gasteiger partial charge in [0.2, 0.25) is 12.4 Å². The fourth-order valence-electron chi connectivity index (χ4n) is 6.04. The number of rotatable bonds is 32. The number of hydrogen-bond acceptors (Lipinski definition) is 10. The molecule has 1 heterocycles. The predicted molar refractivity (Wildman–Crippen MR) is 196 cm³/mol. The van der Waals surface area contributed by atoms with Crippen molar-refractivity contribution in [1.29, 1.82) is 0 Å². The number of nitrogens with zero attached hydrogens (tertiary/aromatic N) is 1. The van der Waals surface area contributed by atoms with E-state index in [1.165, 1.54) is 57.8 Å². The molecule has 1 unspecified atom stereocenters. The van der Waals surface area contributed by atoms with Gasteiger partial charge in [-0.05, 0) is 33.4 Å². The third kappa shape index (κ3) is 23.3. The molecule has 50 heavy (non-hydrogen) atoms. The van der Waals surface area contributed by atoms with Crippen molar-refractivity contribution in [2.45, 2.75) is 206 Å². The monoisotopic (exact) mass is 712 g/mol. The number of hydrogen-bond donors (Lipinski definition) is 0. The van der Waals surface area contributed by atoms with Gasteiger partial charge < -0.3 is 28.6 Å². The largest absolute Gasteiger partial charge is 0.463 e. The van der Waals surface area contributed by atoms with Crippen LogP contribution >= 0.6 is 0 Å². The lowest BCUT2D eigenvalue weighted by Gasteiger charge is -2.24. The number of carbonyl (C=O) groups excluding carboxylic acids is 4. The van der Waals surface area contributed by atoms with Gasteiger partial charge in [0.1, 0.15) is 12.7 Å². The zero-order chi connectivity index (χ0) is 36.8. The Morgan fingerprint density at radius 1 is 0.480 bits per heavy atom. The molecule has 4 atom stereocenters. The molecular formula is C40H73NO9. The summed E-state index contributed by atoms with van der Waals surface area (Å²) in [6.45, 7) is 6.84. The van der Waals surface area contributed by atoms with Crippen LogP contribution in [0, 0.1) is 0 Å². The molecule has 1 rings (SSSR count). The number of carbonyl (C=O) groups is 4. The highest BCUT2D eigenvalue weighted by Crippen LogP contribution is 2.30. The Labute approximate surface area is 304 Å². The molecule has 0 aromatic rings. The van der Waals surface area contributed by atoms with Crippen LogP contribution in [-0.4, -0.2) is 80.6 Å². The SMILES string of the molecule is CCCCCCCCCC(=O)OC1[C@H](OC(=O)CCCCCCCCC)O[C@H](COC(=O)CCN(C)C)[C@@H]1OC(=O)CCCCCCCCC. The summed E-state index contributed by atoms with van der Waals surface area (Å²) in [6.07, 6.45) is 18.5. The minimum atomic E-state index is -1.27. The molecule has 0 aliphatic carbocycles. The number of unbranched alkanes of at least 4 members (excludes halogenated alkanes) is 18. The second kappa shape index (κ2) is 30.4. The molecule has 0 saturated carbocycles. The summed E-state index contributed by atoms with van der Waals surface area (Å²) in [5, 5.41) is 0. The van der Waals surface area contributed by atoms with Crippen molar-refractivity contribution in [1.82, 2.24) is 4.90 Å². The topological polar surface area (TPSA) is 118 Å². The highest BCUT2D eigenvalue weighted by Gasteiger charge is 2.52. The quantitative estimate of drug-likeness (QED) is 0.0380. The van der Waals surface area contributed by atoms with E-state index in [9.17, 15) is 19.2 Å². The summed E-state index contributed by atoms with van der Waals surface area (Å²) in [6, 6.07) is 0. The zero-order valence-electron chi connectivity index (χ0n) is 32.5. The Morgan fingerprint density at radius 3 is 1.28 bits per heavy atom. The molecule has 1 saturated heterocycles. The summed E-state index contributed by atoms with van der Waals surface area (Å²) in [5.41, 5.74) is 0. The fourth-order valence-corrected chi connectivity index (χ4v) is 6.04. The average molecular weight is 712 g/mol. The first-order valence-electron chi connectivity index (χ1n) is 20.3. The van der Waals surface area contributed by atoms with Gasteiger partial charge >= 0.3 is 23.9 Å². The van der Waals surface area contributed by atoms with Crippen molar-refractivity contribution in [2.75, 3.05) is 27.2 Å². The highest BCUT2D eigenvalue weighted by atomic mass is 16.8. The van der Waals surface area contributed by atoms with Crippen molar-refractivity contribution in [2.24, 2.45) is 0 Å². The normalized spacial score (nSPS) is 18.7. The van der Waals surface area contributed by atoms with Crippen LogP contribution in [0.1, 0.15) is 181 Å². The Morgan fingerprint density at radius 2 is 0.860 bits per heavy atom. The van der Waals surface area contributed by atoms with Gasteiger partial charge in [-0.1, -0.05) is 136 Å². The van der Waals surface area contributed by atoms with Crippen molar-refractivity contribution in [3.63, 3.8) is 0 Å². The van der Waals surface area contributed by atoms with Crippen LogP contribution in [0.4, 0.5) is 0 Å². The van der Waals surface area contributed by atoms with Crippen molar-refractivity contribution in [3.05, 3.63) is 0 Å². The van der Waals surface area contributed by atoms with Gasteiger partial charge in [0.05, 0.1) is 6.42 Å². The Kier molecular flexibility index (Phi) is 27.9. The average Bonchev–Trinajstić information content (AvgIpc) is 3.39. The first-order chi connectivity index (χ1) is 24.2. The molecule has 1 fully saturated rings. The second-order valence-electron chi connectivity index (χ2n) is 14.3. The Bertz CT molecular complexity index is 896. The molecule has 10 nitrogen and oxygen atoms in total. The van der Waals surface area contributed by atoms with E-state index in [1.807, 2.05) is 19.0 Å². The summed E-state index contributed by atoms with van der Waals surface area (Å²) in [7, 11) is 3.73. The van der Waals surface area contributed by atoms with Crippen LogP contribution in [0.5, 0.6) is 0 Å². The zero-order valence-corrected chi connectivity index (χ0v) is 32.5. The predicted octanol–water partition coefficient (Wildman–Crippen LogP) is 9.00. The second-order valence-corrected chi connectivity index (χ2v) is 14.3. The molecule has 0 radical (unpaired) electrons. The van der Waals surface area contributed by atoms with Crippen LogP contribution in [0.2, 0.25) is 0 Å². The molecular weight excluding hydrogens is 638 g/mol. The van der Waals surface area contributed by atoms with Gasteiger partial charge in [-0.3, -0.25) is 19.2 Å². The van der Waals surface area contributed by atoms with Crippen molar-refractivity contribution in [3.8, 4) is 0 Å². The fraction of sp³-hybridized carbons (Fsp3) is 0.900. The van der Waals surface area contributed by atoms with E-state index in [0.29, 0.717) is 25.8 Å². The number of ether oxygens (including phenoxy) is 5. The van der Waals surface area contributed by atoms with Crippen LogP contribution in [0.15, 0.2) is 0 Å². The maximum absolute atomic E-state index is 13.1. The van der Waals surface area contributed by atoms with Gasteiger partial charge in [0.15, 0.2) is 6.10 Å². The summed E-state index contributed by atoms with van der Waals surface area (Å²) >= 11 is 0. The van der Waals surface area contributed by atoms with Crippen LogP contribution in [0.25, 0.3) is 0 Å². The van der Waals surface area contributed by atoms with Crippen molar-refractivity contribution >= 4 is 23.9 Å². The smallest absolute Gasteiger partial charge is 0.308 e. The first kappa shape index (κ1) is 45.8. The van der Waals surface area contributed by atoms with Gasteiger partial charge in [-0.2, -0.15) is 0 Å². The van der Waals surface area contributed by atoms with Crippen LogP contribution < -0.4 is 0 Å². The van der Waals surface area contributed by atoms with E-state index in [4.69, 9.17) is 23.7 Å². The molecule has 292 valence electrons. The summed E-state index contributed by atoms with van der Waals surface area (Å²) in [5.74, 6) is -1.80. The van der Waals surface area contributed by atoms with Crippen LogP contribution in [-0.2, 0) is 42.9 Å². The van der Waals surface area contributed by atoms with E-state index >= 15 is 0 Å². The van der Waals surface area contributed by atoms with E-state index < -0.39 is 48.5 Å². The maximum Gasteiger partial charge on any atom is 0.308 e. The van der Waals surface area contributed by atoms with Gasteiger partial charge in [-0.25, -0.2) is 0 Å². The minimum Gasteiger partial charge on any atom is -0.463 e. The summed E-state index contributed by atoms with van der Waals surface area (Å²) in [4.78, 5) is 53.5. The maximum atomic E-state index is 13.1. The third-order valence-electron chi connectivity index (χ3n) is 9.18. The van der Waals surface area contributed by atoms with E-state index in [1.54, 1.807) is 0 Å². The standard InChI is InChI=1S/C40H73NO9/c1-6-9-12-15-18-21-24-27-35(43)48-38-33(32-46-34(42)30-31-41(4)5)47-40(50-37(45)29-26-23-20-17-14-11-8-3)39(38)49-36(44)28-25-22-19-16-13-10-7-2/h33,38-40H,6-32H2,1-5H3/t33-,38+,39?,40+/m1/s1. The Hall–Kier alpha value is -2.20. The van der Waals surface area contributed by atoms with E-state index in [-0.39, 0.29) is 32.3 Å². The molecule has 0 amide bonds. The molecule has 0 N–H and O–H groups in total. The first-order valence-corrected chi connectivity index (χ1v) is 20.3. The van der Waals surface area contributed by atoms with Gasteiger partial charge in [-0.15, -0.1) is 0 Å². The lowest BCUT2D eigenvalue weighted by Crippen LogP contribution is -2.42. The molecule has 0 spiro atoms. The van der Waals surface area contributed by atoms with E-state index in [0.717, 1.165) is 57.8 Å². The summed E-state index contributed by atoms with van der Waals surface area (Å²) < 4.78 is 29.2. The molecule has 1 aliphatic heterocycles. The van der Waals surface area contributed by atoms with Gasteiger partial charge in [0, 0.05) is 25.8 Å². The molecule has 10 heteroatoms. The number of esters is 4. The molecule has 0 aromatic heterocycles. The van der Waals surface area contributed by atoms with Crippen molar-refractivity contribution < 1.29 is 42.9 Å². The highest BCUT2D eigenvalue weighted by molar-refractivity contribution is 5.72. The minimum absolute atomic E-state index is 0.177. The van der Waals surface area contributed by atoms with Gasteiger partial charge in [0.25, 0.3) is 0 Å². The lowest BCUT2D eigenvalue weighted by molar-refractivity contribution is -0.200.